The number of esters is 1. The summed E-state index contributed by atoms with van der Waals surface area (Å²) in [5, 5.41) is 21.5. The molecular weight excluding hydrogens is 662 g/mol. The largest absolute Gasteiger partial charge is 0.497 e. The summed E-state index contributed by atoms with van der Waals surface area (Å²) in [7, 11) is 1.52. The Kier molecular flexibility index (Phi) is 10.1. The summed E-state index contributed by atoms with van der Waals surface area (Å²) in [6, 6.07) is 14.7. The number of nitrogens with zero attached hydrogens (tertiary/aromatic N) is 2. The van der Waals surface area contributed by atoms with Crippen LogP contribution in [-0.2, 0) is 54.8 Å². The number of cyclic esters (lactones) is 1. The molecule has 2 aromatic carbocycles. The molecule has 0 saturated carbocycles. The predicted molar refractivity (Wildman–Crippen MR) is 181 cm³/mol. The molecule has 16 nitrogen and oxygen atoms in total. The smallest absolute Gasteiger partial charge is 0.340 e. The maximum Gasteiger partial charge on any atom is 0.340 e. The van der Waals surface area contributed by atoms with Crippen LogP contribution in [0.15, 0.2) is 59.4 Å². The van der Waals surface area contributed by atoms with Crippen molar-refractivity contribution in [2.45, 2.75) is 38.3 Å². The highest BCUT2D eigenvalue weighted by Gasteiger charge is 2.35. The van der Waals surface area contributed by atoms with Crippen LogP contribution in [-0.4, -0.2) is 77.0 Å². The van der Waals surface area contributed by atoms with Gasteiger partial charge in [-0.25, -0.2) is 9.78 Å². The first-order valence-corrected chi connectivity index (χ1v) is 16.0. The van der Waals surface area contributed by atoms with Crippen LogP contribution in [0.5, 0.6) is 5.75 Å². The second kappa shape index (κ2) is 14.8. The third-order valence-corrected chi connectivity index (χ3v) is 8.73. The lowest BCUT2D eigenvalue weighted by molar-refractivity contribution is -0.157. The Labute approximate surface area is 290 Å². The van der Waals surface area contributed by atoms with E-state index in [9.17, 15) is 33.9 Å². The summed E-state index contributed by atoms with van der Waals surface area (Å²) >= 11 is 0. The number of aromatic nitrogens is 2. The Morgan fingerprint density at radius 3 is 2.51 bits per heavy atom. The van der Waals surface area contributed by atoms with E-state index in [1.54, 1.807) is 48.5 Å². The number of benzene rings is 2. The number of nitrogens with one attached hydrogen (secondary N) is 4. The van der Waals surface area contributed by atoms with Gasteiger partial charge in [-0.3, -0.25) is 24.0 Å². The minimum atomic E-state index is -1.60. The van der Waals surface area contributed by atoms with E-state index in [1.807, 2.05) is 6.07 Å². The van der Waals surface area contributed by atoms with E-state index in [4.69, 9.17) is 20.2 Å². The van der Waals surface area contributed by atoms with Crippen molar-refractivity contribution in [3.63, 3.8) is 0 Å². The Bertz CT molecular complexity index is 2120. The minimum Gasteiger partial charge on any atom is -0.497 e. The van der Waals surface area contributed by atoms with Crippen molar-refractivity contribution >= 4 is 40.5 Å². The van der Waals surface area contributed by atoms with E-state index in [0.717, 1.165) is 5.56 Å². The molecule has 2 aromatic heterocycles. The van der Waals surface area contributed by atoms with Gasteiger partial charge in [0.05, 0.1) is 55.8 Å². The monoisotopic (exact) mass is 697 g/mol. The third-order valence-electron chi connectivity index (χ3n) is 8.73. The van der Waals surface area contributed by atoms with Gasteiger partial charge in [0.1, 0.15) is 18.4 Å². The summed E-state index contributed by atoms with van der Waals surface area (Å²) in [6.07, 6.45) is -1.48. The average molecular weight is 698 g/mol. The second-order valence-corrected chi connectivity index (χ2v) is 12.0. The molecule has 0 fully saturated rings. The van der Waals surface area contributed by atoms with Crippen LogP contribution in [0.2, 0.25) is 0 Å². The number of nitrogens with two attached hydrogens (primary N) is 1. The number of rotatable bonds is 12. The number of fused-ring (bicyclic) bond motifs is 5. The number of pyridine rings is 2. The van der Waals surface area contributed by atoms with Gasteiger partial charge in [-0.15, -0.1) is 0 Å². The molecule has 2 aliphatic rings. The third kappa shape index (κ3) is 7.27. The fraction of sp³-hybridized carbons (Fsp3) is 0.286. The minimum absolute atomic E-state index is 0.0130. The highest BCUT2D eigenvalue weighted by Crippen LogP contribution is 2.38. The van der Waals surface area contributed by atoms with E-state index >= 15 is 0 Å². The molecule has 2 unspecified atom stereocenters. The van der Waals surface area contributed by atoms with Crippen LogP contribution in [0, 0.1) is 0 Å². The number of aliphatic hydroxyl groups is 1. The molecule has 7 N–H and O–H groups in total. The van der Waals surface area contributed by atoms with Crippen molar-refractivity contribution in [3.05, 3.63) is 92.8 Å². The van der Waals surface area contributed by atoms with Gasteiger partial charge >= 0.3 is 5.97 Å². The quantitative estimate of drug-likeness (QED) is 0.0871. The fourth-order valence-electron chi connectivity index (χ4n) is 6.11. The van der Waals surface area contributed by atoms with Crippen molar-refractivity contribution in [3.8, 4) is 17.1 Å². The first-order valence-electron chi connectivity index (χ1n) is 16.0. The van der Waals surface area contributed by atoms with Crippen molar-refractivity contribution in [2.75, 3.05) is 26.7 Å². The number of hydrogen-bond donors (Lipinski definition) is 6. The highest BCUT2D eigenvalue weighted by atomic mass is 16.5. The van der Waals surface area contributed by atoms with E-state index in [0.29, 0.717) is 39.2 Å². The number of amides is 4. The van der Waals surface area contributed by atoms with Crippen molar-refractivity contribution < 1.29 is 38.6 Å². The van der Waals surface area contributed by atoms with Gasteiger partial charge in [0.2, 0.25) is 23.6 Å². The first-order chi connectivity index (χ1) is 24.6. The van der Waals surface area contributed by atoms with Crippen LogP contribution >= 0.6 is 0 Å². The van der Waals surface area contributed by atoms with Crippen LogP contribution in [0.25, 0.3) is 22.3 Å². The number of methoxy groups -OCH3 is 1. The molecule has 264 valence electrons. The molecule has 0 spiro atoms. The zero-order valence-electron chi connectivity index (χ0n) is 27.5. The number of carbonyl (C=O) groups excluding carboxylic acids is 5. The molecule has 2 atom stereocenters. The normalized spacial score (nSPS) is 14.7. The van der Waals surface area contributed by atoms with Crippen LogP contribution < -0.4 is 37.3 Å². The zero-order chi connectivity index (χ0) is 36.2. The molecule has 16 heteroatoms. The summed E-state index contributed by atoms with van der Waals surface area (Å²) in [5.74, 6) is -2.59. The van der Waals surface area contributed by atoms with Gasteiger partial charge in [-0.2, -0.15) is 0 Å². The summed E-state index contributed by atoms with van der Waals surface area (Å²) in [6.45, 7) is -1.26. The Balaban J connectivity index is 1.21. The fourth-order valence-corrected chi connectivity index (χ4v) is 6.11. The van der Waals surface area contributed by atoms with Crippen molar-refractivity contribution in [1.82, 2.24) is 30.8 Å². The van der Waals surface area contributed by atoms with Gasteiger partial charge in [0.25, 0.3) is 5.56 Å². The predicted octanol–water partition coefficient (Wildman–Crippen LogP) is -0.941. The lowest BCUT2D eigenvalue weighted by Gasteiger charge is -2.21. The molecule has 0 bridgehead atoms. The van der Waals surface area contributed by atoms with Crippen molar-refractivity contribution in [1.29, 1.82) is 0 Å². The number of ether oxygens (including phenoxy) is 2. The van der Waals surface area contributed by atoms with Gasteiger partial charge in [0.15, 0.2) is 6.10 Å². The standard InChI is InChI=1S/C35H35N7O9/c1-50-19-7-8-25-20(10-19)22(23-16-42-27(31(23)41-25)11-21-24(34(42)48)17-51-35(49)32(21)46)13-37-29(44)14-39-33(47)26(9-18-5-3-2-4-6-18)40-30(45)15-38-28(43)12-36/h2-8,10-11,26,32,46H,9,12-17,36H2,1H3,(H,37,44)(H,38,43)(H,39,47)(H,40,45). The molecule has 4 aromatic rings. The molecule has 4 heterocycles. The molecule has 0 saturated heterocycles. The van der Waals surface area contributed by atoms with E-state index in [1.165, 1.54) is 11.7 Å². The number of carbonyl (C=O) groups is 5. The van der Waals surface area contributed by atoms with Gasteiger partial charge in [0, 0.05) is 29.5 Å². The molecule has 4 amide bonds. The molecular formula is C35H35N7O9. The first kappa shape index (κ1) is 34.7. The lowest BCUT2D eigenvalue weighted by atomic mass is 9.98. The summed E-state index contributed by atoms with van der Waals surface area (Å²) in [4.78, 5) is 80.8. The zero-order valence-corrected chi connectivity index (χ0v) is 27.5. The maximum atomic E-state index is 13.5. The second-order valence-electron chi connectivity index (χ2n) is 12.0. The lowest BCUT2D eigenvalue weighted by Crippen LogP contribution is -2.52. The van der Waals surface area contributed by atoms with E-state index in [-0.39, 0.29) is 50.3 Å². The average Bonchev–Trinajstić information content (AvgIpc) is 3.51. The highest BCUT2D eigenvalue weighted by molar-refractivity contribution is 5.93. The van der Waals surface area contributed by atoms with Crippen LogP contribution in [0.3, 0.4) is 0 Å². The topological polar surface area (TPSA) is 233 Å². The van der Waals surface area contributed by atoms with Crippen LogP contribution in [0.4, 0.5) is 0 Å². The summed E-state index contributed by atoms with van der Waals surface area (Å²) in [5.41, 5.74) is 8.67. The molecule has 51 heavy (non-hydrogen) atoms. The van der Waals surface area contributed by atoms with Gasteiger partial charge < -0.3 is 46.1 Å². The molecule has 2 aliphatic heterocycles. The van der Waals surface area contributed by atoms with E-state index in [2.05, 4.69) is 21.3 Å². The Morgan fingerprint density at radius 2 is 1.76 bits per heavy atom. The van der Waals surface area contributed by atoms with Crippen molar-refractivity contribution in [2.24, 2.45) is 5.73 Å². The Hall–Kier alpha value is -6.13. The van der Waals surface area contributed by atoms with Gasteiger partial charge in [-0.1, -0.05) is 30.3 Å². The van der Waals surface area contributed by atoms with E-state index < -0.39 is 53.8 Å². The Morgan fingerprint density at radius 1 is 1.00 bits per heavy atom. The molecule has 6 rings (SSSR count). The molecule has 0 radical (unpaired) electrons. The SMILES string of the molecule is COc1ccc2nc3c(c(CNC(=O)CNC(=O)C(Cc4ccccc4)NC(=O)CNC(=O)CN)c2c1)Cn1c-3cc2c(c1=O)COC(=O)C2O. The summed E-state index contributed by atoms with van der Waals surface area (Å²) < 4.78 is 11.9. The maximum absolute atomic E-state index is 13.5. The molecule has 0 aliphatic carbocycles. The number of aliphatic hydroxyl groups excluding tert-OH is 1. The van der Waals surface area contributed by atoms with Gasteiger partial charge in [-0.05, 0) is 35.4 Å². The van der Waals surface area contributed by atoms with Crippen LogP contribution in [0.1, 0.15) is 33.9 Å². The number of hydrogen-bond acceptors (Lipinski definition) is 11.